The zero-order valence-electron chi connectivity index (χ0n) is 19.9. The van der Waals surface area contributed by atoms with Gasteiger partial charge in [0.25, 0.3) is 11.8 Å². The van der Waals surface area contributed by atoms with Crippen molar-refractivity contribution in [2.45, 2.75) is 40.0 Å². The van der Waals surface area contributed by atoms with Crippen molar-refractivity contribution in [1.29, 1.82) is 0 Å². The van der Waals surface area contributed by atoms with Crippen LogP contribution in [0.25, 0.3) is 0 Å². The Morgan fingerprint density at radius 1 is 0.788 bits per heavy atom. The summed E-state index contributed by atoms with van der Waals surface area (Å²) < 4.78 is 5.70. The highest BCUT2D eigenvalue weighted by atomic mass is 16.5. The zero-order chi connectivity index (χ0) is 24.0. The molecule has 5 heteroatoms. The molecule has 0 atom stereocenters. The summed E-state index contributed by atoms with van der Waals surface area (Å²) in [5, 5.41) is 5.77. The van der Waals surface area contributed by atoms with Crippen molar-refractivity contribution in [2.24, 2.45) is 5.92 Å². The van der Waals surface area contributed by atoms with Gasteiger partial charge in [0.05, 0.1) is 6.61 Å². The molecule has 2 amide bonds. The smallest absolute Gasteiger partial charge is 0.255 e. The van der Waals surface area contributed by atoms with E-state index in [4.69, 9.17) is 4.74 Å². The van der Waals surface area contributed by atoms with Crippen molar-refractivity contribution in [3.05, 3.63) is 89.5 Å². The summed E-state index contributed by atoms with van der Waals surface area (Å²) in [5.74, 6) is 0.681. The first-order valence-electron chi connectivity index (χ1n) is 11.2. The molecule has 3 rings (SSSR count). The Morgan fingerprint density at radius 2 is 1.33 bits per heavy atom. The molecular weight excluding hydrogens is 412 g/mol. The Hall–Kier alpha value is -3.60. The third-order valence-corrected chi connectivity index (χ3v) is 5.09. The number of carbonyl (C=O) groups is 2. The van der Waals surface area contributed by atoms with Gasteiger partial charge in [-0.05, 0) is 71.5 Å². The number of ether oxygens (including phenoxy) is 1. The third kappa shape index (κ3) is 6.94. The maximum Gasteiger partial charge on any atom is 0.255 e. The van der Waals surface area contributed by atoms with E-state index in [1.54, 1.807) is 42.5 Å². The molecule has 33 heavy (non-hydrogen) atoms. The molecule has 0 saturated heterocycles. The first-order chi connectivity index (χ1) is 15.6. The summed E-state index contributed by atoms with van der Waals surface area (Å²) in [6, 6.07) is 21.8. The van der Waals surface area contributed by atoms with E-state index in [9.17, 15) is 9.59 Å². The van der Waals surface area contributed by atoms with Crippen molar-refractivity contribution >= 4 is 23.2 Å². The van der Waals surface area contributed by atoms with Crippen LogP contribution >= 0.6 is 0 Å². The lowest BCUT2D eigenvalue weighted by Crippen LogP contribution is -2.14. The van der Waals surface area contributed by atoms with E-state index in [0.717, 1.165) is 0 Å². The van der Waals surface area contributed by atoms with E-state index in [2.05, 4.69) is 45.3 Å². The van der Waals surface area contributed by atoms with Crippen molar-refractivity contribution in [1.82, 2.24) is 0 Å². The average molecular weight is 445 g/mol. The maximum atomic E-state index is 12.6. The van der Waals surface area contributed by atoms with E-state index >= 15 is 0 Å². The van der Waals surface area contributed by atoms with Gasteiger partial charge in [0, 0.05) is 22.5 Å². The van der Waals surface area contributed by atoms with Gasteiger partial charge in [0.2, 0.25) is 0 Å². The second-order valence-electron chi connectivity index (χ2n) is 9.55. The summed E-state index contributed by atoms with van der Waals surface area (Å²) >= 11 is 0. The second kappa shape index (κ2) is 10.3. The number of benzene rings is 3. The standard InChI is InChI=1S/C28H32N2O3/c1-19(2)18-33-25-8-6-7-21(17-25)27(32)30-24-15-13-23(14-16-24)29-26(31)20-9-11-22(12-10-20)28(3,4)5/h6-17,19H,18H2,1-5H3,(H,29,31)(H,30,32). The summed E-state index contributed by atoms with van der Waals surface area (Å²) in [7, 11) is 0. The first-order valence-corrected chi connectivity index (χ1v) is 11.2. The lowest BCUT2D eigenvalue weighted by molar-refractivity contribution is 0.101. The van der Waals surface area contributed by atoms with Crippen LogP contribution < -0.4 is 15.4 Å². The zero-order valence-corrected chi connectivity index (χ0v) is 19.9. The number of nitrogens with one attached hydrogen (secondary N) is 2. The Morgan fingerprint density at radius 3 is 1.85 bits per heavy atom. The highest BCUT2D eigenvalue weighted by Gasteiger charge is 2.14. The first kappa shape index (κ1) is 24.1. The minimum Gasteiger partial charge on any atom is -0.493 e. The molecule has 0 fully saturated rings. The van der Waals surface area contributed by atoms with Crippen LogP contribution in [0.4, 0.5) is 11.4 Å². The molecule has 0 unspecified atom stereocenters. The van der Waals surface area contributed by atoms with Crippen molar-refractivity contribution in [3.8, 4) is 5.75 Å². The molecule has 0 spiro atoms. The number of amides is 2. The summed E-state index contributed by atoms with van der Waals surface area (Å²) in [5.41, 5.74) is 3.63. The van der Waals surface area contributed by atoms with Gasteiger partial charge < -0.3 is 15.4 Å². The van der Waals surface area contributed by atoms with Gasteiger partial charge in [-0.15, -0.1) is 0 Å². The number of anilines is 2. The van der Waals surface area contributed by atoms with Crippen LogP contribution in [0.2, 0.25) is 0 Å². The Balaban J connectivity index is 1.59. The van der Waals surface area contributed by atoms with Crippen LogP contribution in [-0.4, -0.2) is 18.4 Å². The molecule has 0 aliphatic carbocycles. The van der Waals surface area contributed by atoms with Crippen molar-refractivity contribution in [2.75, 3.05) is 17.2 Å². The molecule has 0 aliphatic rings. The van der Waals surface area contributed by atoms with E-state index in [1.165, 1.54) is 5.56 Å². The third-order valence-electron chi connectivity index (χ3n) is 5.09. The summed E-state index contributed by atoms with van der Waals surface area (Å²) in [6.07, 6.45) is 0. The van der Waals surface area contributed by atoms with Gasteiger partial charge in [-0.1, -0.05) is 52.8 Å². The molecule has 5 nitrogen and oxygen atoms in total. The monoisotopic (exact) mass is 444 g/mol. The highest BCUT2D eigenvalue weighted by Crippen LogP contribution is 2.23. The molecule has 0 heterocycles. The molecule has 0 bridgehead atoms. The molecular formula is C28H32N2O3. The van der Waals surface area contributed by atoms with E-state index in [-0.39, 0.29) is 17.2 Å². The minimum absolute atomic E-state index is 0.0394. The quantitative estimate of drug-likeness (QED) is 0.436. The van der Waals surface area contributed by atoms with Gasteiger partial charge in [-0.3, -0.25) is 9.59 Å². The van der Waals surface area contributed by atoms with Crippen LogP contribution in [0, 0.1) is 5.92 Å². The molecule has 0 saturated carbocycles. The topological polar surface area (TPSA) is 67.4 Å². The van der Waals surface area contributed by atoms with Gasteiger partial charge in [0.1, 0.15) is 5.75 Å². The number of carbonyl (C=O) groups excluding carboxylic acids is 2. The SMILES string of the molecule is CC(C)COc1cccc(C(=O)Nc2ccc(NC(=O)c3ccc(C(C)(C)C)cc3)cc2)c1. The molecule has 172 valence electrons. The minimum atomic E-state index is -0.222. The van der Waals surface area contributed by atoms with E-state index in [1.807, 2.05) is 30.3 Å². The number of rotatable bonds is 7. The Labute approximate surface area is 196 Å². The Kier molecular flexibility index (Phi) is 7.54. The predicted octanol–water partition coefficient (Wildman–Crippen LogP) is 6.52. The molecule has 0 radical (unpaired) electrons. The number of hydrogen-bond donors (Lipinski definition) is 2. The van der Waals surface area contributed by atoms with Gasteiger partial charge in [-0.25, -0.2) is 0 Å². The van der Waals surface area contributed by atoms with Crippen LogP contribution in [0.1, 0.15) is 60.9 Å². The number of hydrogen-bond acceptors (Lipinski definition) is 3. The Bertz CT molecular complexity index is 1100. The predicted molar refractivity (Wildman–Crippen MR) is 134 cm³/mol. The fourth-order valence-electron chi connectivity index (χ4n) is 3.16. The summed E-state index contributed by atoms with van der Waals surface area (Å²) in [6.45, 7) is 11.2. The second-order valence-corrected chi connectivity index (χ2v) is 9.55. The summed E-state index contributed by atoms with van der Waals surface area (Å²) in [4.78, 5) is 25.2. The largest absolute Gasteiger partial charge is 0.493 e. The average Bonchev–Trinajstić information content (AvgIpc) is 2.78. The van der Waals surface area contributed by atoms with Gasteiger partial charge >= 0.3 is 0 Å². The normalized spacial score (nSPS) is 11.2. The lowest BCUT2D eigenvalue weighted by atomic mass is 9.87. The van der Waals surface area contributed by atoms with Crippen molar-refractivity contribution < 1.29 is 14.3 Å². The molecule has 2 N–H and O–H groups in total. The fraction of sp³-hybridized carbons (Fsp3) is 0.286. The van der Waals surface area contributed by atoms with Gasteiger partial charge in [0.15, 0.2) is 0 Å². The maximum absolute atomic E-state index is 12.6. The molecule has 0 aliphatic heterocycles. The van der Waals surface area contributed by atoms with Crippen LogP contribution in [0.3, 0.4) is 0 Å². The van der Waals surface area contributed by atoms with Crippen molar-refractivity contribution in [3.63, 3.8) is 0 Å². The fourth-order valence-corrected chi connectivity index (χ4v) is 3.16. The highest BCUT2D eigenvalue weighted by molar-refractivity contribution is 6.05. The molecule has 3 aromatic rings. The van der Waals surface area contributed by atoms with E-state index < -0.39 is 0 Å². The van der Waals surface area contributed by atoms with Gasteiger partial charge in [-0.2, -0.15) is 0 Å². The lowest BCUT2D eigenvalue weighted by Gasteiger charge is -2.19. The van der Waals surface area contributed by atoms with E-state index in [0.29, 0.717) is 40.8 Å². The molecule has 3 aromatic carbocycles. The van der Waals surface area contributed by atoms with Crippen LogP contribution in [0.15, 0.2) is 72.8 Å². The van der Waals surface area contributed by atoms with Crippen LogP contribution in [-0.2, 0) is 5.41 Å². The molecule has 0 aromatic heterocycles. The van der Waals surface area contributed by atoms with Crippen LogP contribution in [0.5, 0.6) is 5.75 Å².